The topological polar surface area (TPSA) is 77.5 Å². The summed E-state index contributed by atoms with van der Waals surface area (Å²) in [7, 11) is -3.91. The Kier molecular flexibility index (Phi) is 6.21. The largest absolute Gasteiger partial charge is 0.459 e. The zero-order valence-electron chi connectivity index (χ0n) is 15.9. The van der Waals surface area contributed by atoms with E-state index >= 15 is 0 Å². The molecular weight excluding hydrogens is 364 g/mol. The van der Waals surface area contributed by atoms with Gasteiger partial charge in [0.1, 0.15) is 11.5 Å². The summed E-state index contributed by atoms with van der Waals surface area (Å²) in [4.78, 5) is 25.9. The minimum atomic E-state index is -3.91. The molecule has 27 heavy (non-hydrogen) atoms. The van der Waals surface area contributed by atoms with Gasteiger partial charge < -0.3 is 4.74 Å². The number of esters is 1. The average Bonchev–Trinajstić information content (AvgIpc) is 2.61. The Balaban J connectivity index is 2.48. The van der Waals surface area contributed by atoms with Crippen molar-refractivity contribution >= 4 is 21.6 Å². The summed E-state index contributed by atoms with van der Waals surface area (Å²) in [5.74, 6) is -2.88. The van der Waals surface area contributed by atoms with Crippen molar-refractivity contribution in [2.45, 2.75) is 43.4 Å². The van der Waals surface area contributed by atoms with Gasteiger partial charge in [0.25, 0.3) is 0 Å². The molecule has 6 heteroatoms. The number of Topliss-reactive ketones (excluding diaryl/α,β-unsaturated/α-hetero) is 1. The van der Waals surface area contributed by atoms with Gasteiger partial charge in [0.15, 0.2) is 15.6 Å². The van der Waals surface area contributed by atoms with Gasteiger partial charge in [-0.3, -0.25) is 9.59 Å². The van der Waals surface area contributed by atoms with Crippen molar-refractivity contribution in [1.82, 2.24) is 0 Å². The lowest BCUT2D eigenvalue weighted by molar-refractivity contribution is -0.158. The quantitative estimate of drug-likeness (QED) is 0.428. The van der Waals surface area contributed by atoms with Gasteiger partial charge in [-0.2, -0.15) is 0 Å². The first-order chi connectivity index (χ1) is 12.5. The Morgan fingerprint density at radius 2 is 1.37 bits per heavy atom. The van der Waals surface area contributed by atoms with Crippen LogP contribution in [0.2, 0.25) is 0 Å². The van der Waals surface area contributed by atoms with Crippen LogP contribution in [0.1, 0.15) is 38.1 Å². The zero-order valence-corrected chi connectivity index (χ0v) is 16.7. The maximum absolute atomic E-state index is 13.0. The molecule has 0 unspecified atom stereocenters. The first-order valence-corrected chi connectivity index (χ1v) is 10.2. The lowest BCUT2D eigenvalue weighted by Crippen LogP contribution is -2.42. The summed E-state index contributed by atoms with van der Waals surface area (Å²) in [6.45, 7) is 6.39. The number of benzene rings is 2. The molecule has 0 bridgehead atoms. The minimum Gasteiger partial charge on any atom is -0.459 e. The number of hydrogen-bond donors (Lipinski definition) is 0. The molecule has 0 saturated carbocycles. The highest BCUT2D eigenvalue weighted by Gasteiger charge is 2.42. The molecular formula is C21H24O5S. The fourth-order valence-corrected chi connectivity index (χ4v) is 4.22. The van der Waals surface area contributed by atoms with Crippen molar-refractivity contribution in [2.75, 3.05) is 0 Å². The fraction of sp³-hybridized carbons (Fsp3) is 0.333. The molecule has 144 valence electrons. The van der Waals surface area contributed by atoms with Crippen molar-refractivity contribution in [3.8, 4) is 0 Å². The first-order valence-electron chi connectivity index (χ1n) is 8.65. The molecule has 5 nitrogen and oxygen atoms in total. The Bertz CT molecular complexity index is 897. The Morgan fingerprint density at radius 3 is 1.85 bits per heavy atom. The molecule has 0 aliphatic carbocycles. The van der Waals surface area contributed by atoms with E-state index in [9.17, 15) is 18.0 Å². The van der Waals surface area contributed by atoms with Gasteiger partial charge >= 0.3 is 5.97 Å². The summed E-state index contributed by atoms with van der Waals surface area (Å²) in [6.07, 6.45) is 0. The van der Waals surface area contributed by atoms with Gasteiger partial charge in [0.2, 0.25) is 0 Å². The molecule has 0 spiro atoms. The number of hydrogen-bond acceptors (Lipinski definition) is 5. The van der Waals surface area contributed by atoms with Gasteiger partial charge in [-0.25, -0.2) is 8.42 Å². The summed E-state index contributed by atoms with van der Waals surface area (Å²) >= 11 is 0. The highest BCUT2D eigenvalue weighted by Crippen LogP contribution is 2.27. The molecule has 2 aromatic carbocycles. The molecule has 0 aliphatic rings. The second kappa shape index (κ2) is 8.05. The van der Waals surface area contributed by atoms with Crippen LogP contribution in [-0.2, 0) is 19.4 Å². The first kappa shape index (κ1) is 20.8. The van der Waals surface area contributed by atoms with E-state index in [4.69, 9.17) is 4.74 Å². The summed E-state index contributed by atoms with van der Waals surface area (Å²) in [6, 6.07) is 16.0. The number of carbonyl (C=O) groups excluding carboxylic acids is 2. The highest BCUT2D eigenvalue weighted by molar-refractivity contribution is 7.92. The van der Waals surface area contributed by atoms with E-state index in [-0.39, 0.29) is 10.5 Å². The third-order valence-corrected chi connectivity index (χ3v) is 6.21. The smallest absolute Gasteiger partial charge is 0.318 e. The van der Waals surface area contributed by atoms with Gasteiger partial charge in [-0.1, -0.05) is 48.5 Å². The molecule has 0 fully saturated rings. The van der Waals surface area contributed by atoms with Gasteiger partial charge in [0, 0.05) is 5.56 Å². The van der Waals surface area contributed by atoms with Crippen LogP contribution in [0.3, 0.4) is 0 Å². The summed E-state index contributed by atoms with van der Waals surface area (Å²) < 4.78 is 31.4. The van der Waals surface area contributed by atoms with Crippen molar-refractivity contribution < 1.29 is 22.7 Å². The molecule has 0 radical (unpaired) electrons. The Labute approximate surface area is 160 Å². The number of ketones is 1. The van der Waals surface area contributed by atoms with Crippen LogP contribution in [0.25, 0.3) is 0 Å². The summed E-state index contributed by atoms with van der Waals surface area (Å²) in [5, 5.41) is -1.28. The number of sulfone groups is 1. The fourth-order valence-electron chi connectivity index (χ4n) is 2.66. The zero-order chi connectivity index (χ0) is 20.2. The van der Waals surface area contributed by atoms with Crippen LogP contribution in [0.15, 0.2) is 65.6 Å². The van der Waals surface area contributed by atoms with E-state index in [0.717, 1.165) is 0 Å². The van der Waals surface area contributed by atoms with Gasteiger partial charge in [-0.15, -0.1) is 0 Å². The SMILES string of the molecule is C[C@@H]([C@H](C(=O)OC(C)(C)C)C(=O)c1ccccc1)S(=O)(=O)c1ccccc1. The predicted molar refractivity (Wildman–Crippen MR) is 103 cm³/mol. The predicted octanol–water partition coefficient (Wildman–Crippen LogP) is 3.69. The van der Waals surface area contributed by atoms with Crippen LogP contribution in [0, 0.1) is 5.92 Å². The molecule has 2 atom stereocenters. The van der Waals surface area contributed by atoms with Crippen LogP contribution >= 0.6 is 0 Å². The molecule has 2 aromatic rings. The van der Waals surface area contributed by atoms with Crippen molar-refractivity contribution in [1.29, 1.82) is 0 Å². The van der Waals surface area contributed by atoms with E-state index in [0.29, 0.717) is 0 Å². The molecule has 0 heterocycles. The standard InChI is InChI=1S/C21H24O5S/c1-15(27(24,25)17-13-9-6-10-14-17)18(20(23)26-21(2,3)4)19(22)16-11-7-5-8-12-16/h5-15,18H,1-4H3/t15-,18-/m0/s1. The molecule has 2 rings (SSSR count). The van der Waals surface area contributed by atoms with E-state index < -0.39 is 38.4 Å². The Hall–Kier alpha value is -2.47. The minimum absolute atomic E-state index is 0.0620. The maximum Gasteiger partial charge on any atom is 0.318 e. The normalized spacial score (nSPS) is 14.2. The van der Waals surface area contributed by atoms with Gasteiger partial charge in [-0.05, 0) is 39.8 Å². The lowest BCUT2D eigenvalue weighted by atomic mass is 9.94. The second-order valence-corrected chi connectivity index (χ2v) is 9.61. The van der Waals surface area contributed by atoms with E-state index in [1.165, 1.54) is 19.1 Å². The van der Waals surface area contributed by atoms with Gasteiger partial charge in [0.05, 0.1) is 10.1 Å². The molecule has 0 N–H and O–H groups in total. The summed E-state index contributed by atoms with van der Waals surface area (Å²) in [5.41, 5.74) is -0.578. The maximum atomic E-state index is 13.0. The van der Waals surface area contributed by atoms with E-state index in [2.05, 4.69) is 0 Å². The highest BCUT2D eigenvalue weighted by atomic mass is 32.2. The lowest BCUT2D eigenvalue weighted by Gasteiger charge is -2.26. The molecule has 0 amide bonds. The Morgan fingerprint density at radius 1 is 0.889 bits per heavy atom. The number of rotatable bonds is 6. The molecule has 0 aromatic heterocycles. The molecule has 0 saturated heterocycles. The van der Waals surface area contributed by atoms with Crippen LogP contribution in [-0.4, -0.2) is 31.0 Å². The average molecular weight is 388 g/mol. The van der Waals surface area contributed by atoms with E-state index in [1.807, 2.05) is 0 Å². The van der Waals surface area contributed by atoms with Crippen molar-refractivity contribution in [2.24, 2.45) is 5.92 Å². The van der Waals surface area contributed by atoms with Crippen molar-refractivity contribution in [3.05, 3.63) is 66.2 Å². The van der Waals surface area contributed by atoms with Crippen molar-refractivity contribution in [3.63, 3.8) is 0 Å². The van der Waals surface area contributed by atoms with Crippen LogP contribution < -0.4 is 0 Å². The monoisotopic (exact) mass is 388 g/mol. The third-order valence-electron chi connectivity index (χ3n) is 4.03. The second-order valence-electron chi connectivity index (χ2n) is 7.30. The van der Waals surface area contributed by atoms with E-state index in [1.54, 1.807) is 69.3 Å². The third kappa shape index (κ3) is 5.04. The number of ether oxygens (including phenoxy) is 1. The number of carbonyl (C=O) groups is 2. The molecule has 0 aliphatic heterocycles. The van der Waals surface area contributed by atoms with Crippen LogP contribution in [0.4, 0.5) is 0 Å². The van der Waals surface area contributed by atoms with Crippen LogP contribution in [0.5, 0.6) is 0 Å².